The molecule has 140 valence electrons. The Kier molecular flexibility index (Phi) is 8.15. The van der Waals surface area contributed by atoms with E-state index in [9.17, 15) is 4.79 Å². The van der Waals surface area contributed by atoms with Crippen molar-refractivity contribution in [2.75, 3.05) is 18.9 Å². The van der Waals surface area contributed by atoms with Gasteiger partial charge in [-0.3, -0.25) is 9.79 Å². The smallest absolute Gasteiger partial charge is 0.224 e. The van der Waals surface area contributed by atoms with E-state index in [0.717, 1.165) is 30.2 Å². The number of nitrogens with zero attached hydrogens (tertiary/aromatic N) is 1. The van der Waals surface area contributed by atoms with E-state index in [1.807, 2.05) is 38.1 Å². The van der Waals surface area contributed by atoms with Gasteiger partial charge in [0.2, 0.25) is 5.91 Å². The predicted molar refractivity (Wildman–Crippen MR) is 111 cm³/mol. The Labute approximate surface area is 159 Å². The van der Waals surface area contributed by atoms with Gasteiger partial charge in [0.15, 0.2) is 5.96 Å². The molecule has 0 atom stereocenters. The molecule has 0 spiro atoms. The molecule has 1 aromatic heterocycles. The van der Waals surface area contributed by atoms with Crippen molar-refractivity contribution in [3.63, 3.8) is 0 Å². The first-order valence-electron chi connectivity index (χ1n) is 8.92. The molecule has 0 aliphatic rings. The molecule has 0 saturated heterocycles. The van der Waals surface area contributed by atoms with Gasteiger partial charge in [0.25, 0.3) is 0 Å². The van der Waals surface area contributed by atoms with Crippen molar-refractivity contribution < 1.29 is 4.79 Å². The minimum absolute atomic E-state index is 0.0520. The van der Waals surface area contributed by atoms with Crippen LogP contribution < -0.4 is 16.0 Å². The zero-order chi connectivity index (χ0) is 18.8. The summed E-state index contributed by atoms with van der Waals surface area (Å²) in [5.74, 6) is 1.18. The molecule has 6 heteroatoms. The van der Waals surface area contributed by atoms with Crippen molar-refractivity contribution >= 4 is 28.9 Å². The highest BCUT2D eigenvalue weighted by Crippen LogP contribution is 2.12. The molecule has 2 rings (SSSR count). The summed E-state index contributed by atoms with van der Waals surface area (Å²) < 4.78 is 0. The second-order valence-corrected chi connectivity index (χ2v) is 7.56. The molecule has 0 bridgehead atoms. The fourth-order valence-corrected chi connectivity index (χ4v) is 3.22. The quantitative estimate of drug-likeness (QED) is 0.490. The van der Waals surface area contributed by atoms with Gasteiger partial charge in [-0.1, -0.05) is 32.0 Å². The van der Waals surface area contributed by atoms with Gasteiger partial charge >= 0.3 is 0 Å². The highest BCUT2D eigenvalue weighted by atomic mass is 32.1. The molecule has 1 amide bonds. The highest BCUT2D eigenvalue weighted by Gasteiger charge is 2.06. The zero-order valence-electron chi connectivity index (χ0n) is 15.7. The Morgan fingerprint density at radius 3 is 2.73 bits per heavy atom. The van der Waals surface area contributed by atoms with Crippen LogP contribution in [0.4, 0.5) is 5.69 Å². The van der Waals surface area contributed by atoms with E-state index in [0.29, 0.717) is 18.9 Å². The van der Waals surface area contributed by atoms with Crippen molar-refractivity contribution in [2.45, 2.75) is 33.2 Å². The maximum absolute atomic E-state index is 11.9. The lowest BCUT2D eigenvalue weighted by Crippen LogP contribution is -2.37. The fourth-order valence-electron chi connectivity index (χ4n) is 2.51. The van der Waals surface area contributed by atoms with E-state index in [-0.39, 0.29) is 5.91 Å². The third-order valence-corrected chi connectivity index (χ3v) is 4.67. The van der Waals surface area contributed by atoms with Crippen molar-refractivity contribution in [1.82, 2.24) is 10.6 Å². The molecular weight excluding hydrogens is 344 g/mol. The summed E-state index contributed by atoms with van der Waals surface area (Å²) in [6, 6.07) is 12.1. The number of thiophene rings is 1. The summed E-state index contributed by atoms with van der Waals surface area (Å²) in [5, 5.41) is 11.7. The van der Waals surface area contributed by atoms with E-state index >= 15 is 0 Å². The molecule has 26 heavy (non-hydrogen) atoms. The summed E-state index contributed by atoms with van der Waals surface area (Å²) >= 11 is 1.77. The second kappa shape index (κ2) is 10.6. The topological polar surface area (TPSA) is 65.5 Å². The molecule has 2 aromatic rings. The third-order valence-electron chi connectivity index (χ3n) is 3.73. The molecule has 1 heterocycles. The van der Waals surface area contributed by atoms with Gasteiger partial charge < -0.3 is 16.0 Å². The number of nitrogens with one attached hydrogen (secondary N) is 3. The predicted octanol–water partition coefficient (Wildman–Crippen LogP) is 3.64. The zero-order valence-corrected chi connectivity index (χ0v) is 16.5. The number of guanidine groups is 1. The van der Waals surface area contributed by atoms with Gasteiger partial charge in [0, 0.05) is 37.1 Å². The fraction of sp³-hybridized carbons (Fsp3) is 0.400. The van der Waals surface area contributed by atoms with Gasteiger partial charge in [0.05, 0.1) is 0 Å². The Hall–Kier alpha value is -2.34. The van der Waals surface area contributed by atoms with Crippen LogP contribution in [0, 0.1) is 5.92 Å². The van der Waals surface area contributed by atoms with E-state index in [1.54, 1.807) is 18.4 Å². The minimum atomic E-state index is 0.0520. The Morgan fingerprint density at radius 2 is 2.04 bits per heavy atom. The van der Waals surface area contributed by atoms with Crippen LogP contribution >= 0.6 is 11.3 Å². The van der Waals surface area contributed by atoms with Gasteiger partial charge in [-0.15, -0.1) is 11.3 Å². The molecule has 0 unspecified atom stereocenters. The standard InChI is InChI=1S/C20H28N4OS/c1-15(2)12-19(25)24-17-7-4-6-16(13-17)14-23-20(21-3)22-10-9-18-8-5-11-26-18/h4-8,11,13,15H,9-10,12,14H2,1-3H3,(H,24,25)(H2,21,22,23). The van der Waals surface area contributed by atoms with E-state index in [2.05, 4.69) is 38.5 Å². The highest BCUT2D eigenvalue weighted by molar-refractivity contribution is 7.09. The average molecular weight is 373 g/mol. The third kappa shape index (κ3) is 7.27. The van der Waals surface area contributed by atoms with Crippen LogP contribution in [0.1, 0.15) is 30.7 Å². The number of rotatable bonds is 8. The number of aliphatic imine (C=N–C) groups is 1. The molecular formula is C20H28N4OS. The summed E-state index contributed by atoms with van der Waals surface area (Å²) in [4.78, 5) is 17.5. The number of benzene rings is 1. The molecule has 0 fully saturated rings. The van der Waals surface area contributed by atoms with E-state index in [1.165, 1.54) is 4.88 Å². The first-order chi connectivity index (χ1) is 12.6. The Bertz CT molecular complexity index is 710. The Morgan fingerprint density at radius 1 is 1.19 bits per heavy atom. The average Bonchev–Trinajstić information content (AvgIpc) is 3.11. The molecule has 0 saturated carbocycles. The van der Waals surface area contributed by atoms with Crippen molar-refractivity contribution in [1.29, 1.82) is 0 Å². The van der Waals surface area contributed by atoms with Gasteiger partial charge in [-0.2, -0.15) is 0 Å². The molecule has 0 aliphatic carbocycles. The minimum Gasteiger partial charge on any atom is -0.356 e. The van der Waals surface area contributed by atoms with Gasteiger partial charge in [-0.05, 0) is 41.5 Å². The van der Waals surface area contributed by atoms with E-state index < -0.39 is 0 Å². The lowest BCUT2D eigenvalue weighted by atomic mass is 10.1. The lowest BCUT2D eigenvalue weighted by Gasteiger charge is -2.13. The number of hydrogen-bond donors (Lipinski definition) is 3. The van der Waals surface area contributed by atoms with Gasteiger partial charge in [-0.25, -0.2) is 0 Å². The summed E-state index contributed by atoms with van der Waals surface area (Å²) in [7, 11) is 1.77. The first kappa shape index (κ1) is 20.0. The molecule has 5 nitrogen and oxygen atoms in total. The maximum Gasteiger partial charge on any atom is 0.224 e. The van der Waals surface area contributed by atoms with Crippen LogP contribution in [-0.4, -0.2) is 25.5 Å². The number of anilines is 1. The van der Waals surface area contributed by atoms with Crippen LogP contribution in [0.5, 0.6) is 0 Å². The Balaban J connectivity index is 1.79. The number of amides is 1. The maximum atomic E-state index is 11.9. The van der Waals surface area contributed by atoms with Crippen molar-refractivity contribution in [3.05, 3.63) is 52.2 Å². The molecule has 3 N–H and O–H groups in total. The summed E-state index contributed by atoms with van der Waals surface area (Å²) in [5.41, 5.74) is 1.92. The number of carbonyl (C=O) groups excluding carboxylic acids is 1. The van der Waals surface area contributed by atoms with Crippen LogP contribution in [0.15, 0.2) is 46.8 Å². The lowest BCUT2D eigenvalue weighted by molar-refractivity contribution is -0.116. The number of hydrogen-bond acceptors (Lipinski definition) is 3. The monoisotopic (exact) mass is 372 g/mol. The molecule has 0 radical (unpaired) electrons. The summed E-state index contributed by atoms with van der Waals surface area (Å²) in [6.45, 7) is 5.56. The SMILES string of the molecule is CN=C(NCCc1cccs1)NCc1cccc(NC(=O)CC(C)C)c1. The van der Waals surface area contributed by atoms with Crippen LogP contribution in [-0.2, 0) is 17.8 Å². The van der Waals surface area contributed by atoms with Crippen LogP contribution in [0.25, 0.3) is 0 Å². The number of carbonyl (C=O) groups is 1. The van der Waals surface area contributed by atoms with Gasteiger partial charge in [0.1, 0.15) is 0 Å². The van der Waals surface area contributed by atoms with Crippen molar-refractivity contribution in [2.24, 2.45) is 10.9 Å². The van der Waals surface area contributed by atoms with Crippen LogP contribution in [0.3, 0.4) is 0 Å². The molecule has 1 aromatic carbocycles. The summed E-state index contributed by atoms with van der Waals surface area (Å²) in [6.07, 6.45) is 1.51. The largest absolute Gasteiger partial charge is 0.356 e. The van der Waals surface area contributed by atoms with E-state index in [4.69, 9.17) is 0 Å². The normalized spacial score (nSPS) is 11.5. The molecule has 0 aliphatic heterocycles. The van der Waals surface area contributed by atoms with Crippen molar-refractivity contribution in [3.8, 4) is 0 Å². The van der Waals surface area contributed by atoms with Crippen LogP contribution in [0.2, 0.25) is 0 Å². The second-order valence-electron chi connectivity index (χ2n) is 6.53. The first-order valence-corrected chi connectivity index (χ1v) is 9.80.